The van der Waals surface area contributed by atoms with Gasteiger partial charge in [0.15, 0.2) is 5.43 Å². The number of ether oxygens (including phenoxy) is 1. The fourth-order valence-electron chi connectivity index (χ4n) is 4.19. The van der Waals surface area contributed by atoms with E-state index in [2.05, 4.69) is 10.3 Å². The maximum atomic E-state index is 13.5. The van der Waals surface area contributed by atoms with E-state index in [-0.39, 0.29) is 29.1 Å². The summed E-state index contributed by atoms with van der Waals surface area (Å²) in [6.45, 7) is -0.170. The highest BCUT2D eigenvalue weighted by Gasteiger charge is 2.25. The number of hydrogen-bond donors (Lipinski definition) is 2. The van der Waals surface area contributed by atoms with Gasteiger partial charge < -0.3 is 19.6 Å². The number of methoxy groups -OCH3 is 1. The van der Waals surface area contributed by atoms with Gasteiger partial charge in [0.2, 0.25) is 0 Å². The molecule has 0 spiro atoms. The largest absolute Gasteiger partial charge is 0.464 e. The number of halogens is 1. The summed E-state index contributed by atoms with van der Waals surface area (Å²) in [6, 6.07) is 21.2. The van der Waals surface area contributed by atoms with E-state index in [1.807, 2.05) is 42.5 Å². The van der Waals surface area contributed by atoms with Crippen molar-refractivity contribution in [2.45, 2.75) is 6.54 Å². The highest BCUT2D eigenvalue weighted by atomic mass is 35.5. The summed E-state index contributed by atoms with van der Waals surface area (Å²) in [4.78, 5) is 42.6. The van der Waals surface area contributed by atoms with Gasteiger partial charge in [0.05, 0.1) is 18.2 Å². The van der Waals surface area contributed by atoms with E-state index in [1.54, 1.807) is 41.1 Å². The van der Waals surface area contributed by atoms with Crippen LogP contribution in [-0.2, 0) is 11.3 Å². The molecule has 0 saturated heterocycles. The summed E-state index contributed by atoms with van der Waals surface area (Å²) in [6.07, 6.45) is 1.79. The zero-order chi connectivity index (χ0) is 24.5. The van der Waals surface area contributed by atoms with Gasteiger partial charge in [-0.2, -0.15) is 0 Å². The van der Waals surface area contributed by atoms with Crippen molar-refractivity contribution in [3.63, 3.8) is 0 Å². The van der Waals surface area contributed by atoms with Gasteiger partial charge in [-0.15, -0.1) is 0 Å². The van der Waals surface area contributed by atoms with Gasteiger partial charge in [-0.3, -0.25) is 9.59 Å². The number of para-hydroxylation sites is 1. The summed E-state index contributed by atoms with van der Waals surface area (Å²) in [5.74, 6) is -1.08. The molecule has 2 heterocycles. The lowest BCUT2D eigenvalue weighted by molar-refractivity contribution is 0.0589. The molecule has 0 aliphatic rings. The number of fused-ring (bicyclic) bond motifs is 2. The van der Waals surface area contributed by atoms with Crippen molar-refractivity contribution in [2.75, 3.05) is 7.11 Å². The van der Waals surface area contributed by atoms with E-state index in [0.717, 1.165) is 10.9 Å². The monoisotopic (exact) mass is 485 g/mol. The lowest BCUT2D eigenvalue weighted by Crippen LogP contribution is -2.31. The Labute approximate surface area is 204 Å². The number of aromatic amines is 1. The number of nitrogens with zero attached hydrogens (tertiary/aromatic N) is 1. The number of benzene rings is 3. The molecule has 0 radical (unpaired) electrons. The second-order valence-corrected chi connectivity index (χ2v) is 8.38. The Hall–Kier alpha value is -4.36. The van der Waals surface area contributed by atoms with Crippen LogP contribution < -0.4 is 10.7 Å². The Kier molecular flexibility index (Phi) is 5.84. The number of nitrogens with one attached hydrogen (secondary N) is 2. The van der Waals surface area contributed by atoms with E-state index >= 15 is 0 Å². The number of carbonyl (C=O) groups excluding carboxylic acids is 2. The number of aromatic nitrogens is 2. The molecule has 0 bridgehead atoms. The molecule has 35 heavy (non-hydrogen) atoms. The van der Waals surface area contributed by atoms with Gasteiger partial charge in [0.25, 0.3) is 5.91 Å². The van der Waals surface area contributed by atoms with Crippen molar-refractivity contribution in [3.05, 3.63) is 111 Å². The molecule has 0 atom stereocenters. The van der Waals surface area contributed by atoms with Crippen molar-refractivity contribution in [1.82, 2.24) is 14.9 Å². The Morgan fingerprint density at radius 2 is 1.83 bits per heavy atom. The lowest BCUT2D eigenvalue weighted by Gasteiger charge is -2.20. The molecule has 5 aromatic rings. The number of hydrogen-bond acceptors (Lipinski definition) is 4. The molecule has 0 aliphatic carbocycles. The second-order valence-electron chi connectivity index (χ2n) is 7.94. The molecular weight excluding hydrogens is 466 g/mol. The third-order valence-corrected chi connectivity index (χ3v) is 6.10. The Morgan fingerprint density at radius 3 is 2.60 bits per heavy atom. The van der Waals surface area contributed by atoms with Gasteiger partial charge in [-0.05, 0) is 53.9 Å². The van der Waals surface area contributed by atoms with Gasteiger partial charge >= 0.3 is 5.97 Å². The highest BCUT2D eigenvalue weighted by Crippen LogP contribution is 2.25. The minimum absolute atomic E-state index is 0.0265. The molecule has 2 N–H and O–H groups in total. The van der Waals surface area contributed by atoms with Crippen LogP contribution in [0.4, 0.5) is 0 Å². The van der Waals surface area contributed by atoms with Crippen LogP contribution in [0, 0.1) is 0 Å². The molecule has 0 unspecified atom stereocenters. The quantitative estimate of drug-likeness (QED) is 0.348. The standard InChI is InChI=1S/C27H20ClN3O4/c1-35-27(34)24-21(15-30-26(33)17-8-7-16-11-12-29-22(16)13-17)25(32)20-10-9-18(28)14-23(20)31(24)19-5-3-2-4-6-19/h2-14,29H,15H2,1H3,(H,30,33). The predicted molar refractivity (Wildman–Crippen MR) is 135 cm³/mol. The van der Waals surface area contributed by atoms with Crippen LogP contribution in [0.15, 0.2) is 83.8 Å². The van der Waals surface area contributed by atoms with E-state index in [1.165, 1.54) is 7.11 Å². The zero-order valence-corrected chi connectivity index (χ0v) is 19.4. The SMILES string of the molecule is COC(=O)c1c(CNC(=O)c2ccc3cc[nH]c3c2)c(=O)c2ccc(Cl)cc2n1-c1ccccc1. The first-order valence-electron chi connectivity index (χ1n) is 10.8. The van der Waals surface area contributed by atoms with E-state index < -0.39 is 5.97 Å². The molecule has 1 amide bonds. The summed E-state index contributed by atoms with van der Waals surface area (Å²) >= 11 is 6.25. The van der Waals surface area contributed by atoms with Crippen molar-refractivity contribution >= 4 is 45.3 Å². The van der Waals surface area contributed by atoms with Crippen molar-refractivity contribution in [2.24, 2.45) is 0 Å². The smallest absolute Gasteiger partial charge is 0.355 e. The first-order chi connectivity index (χ1) is 17.0. The Balaban J connectivity index is 1.66. The lowest BCUT2D eigenvalue weighted by atomic mass is 10.1. The first-order valence-corrected chi connectivity index (χ1v) is 11.2. The number of esters is 1. The van der Waals surface area contributed by atoms with E-state index in [0.29, 0.717) is 27.2 Å². The maximum Gasteiger partial charge on any atom is 0.355 e. The number of amides is 1. The van der Waals surface area contributed by atoms with E-state index in [4.69, 9.17) is 16.3 Å². The van der Waals surface area contributed by atoms with Crippen LogP contribution in [-0.4, -0.2) is 28.5 Å². The Bertz CT molecular complexity index is 1650. The Morgan fingerprint density at radius 1 is 1.03 bits per heavy atom. The molecule has 5 rings (SSSR count). The average molecular weight is 486 g/mol. The van der Waals surface area contributed by atoms with Gasteiger partial charge in [0.1, 0.15) is 5.69 Å². The number of H-pyrrole nitrogens is 1. The number of carbonyl (C=O) groups is 2. The van der Waals surface area contributed by atoms with Crippen LogP contribution in [0.5, 0.6) is 0 Å². The molecule has 3 aromatic carbocycles. The zero-order valence-electron chi connectivity index (χ0n) is 18.7. The summed E-state index contributed by atoms with van der Waals surface area (Å²) < 4.78 is 6.70. The van der Waals surface area contributed by atoms with Crippen LogP contribution in [0.2, 0.25) is 5.02 Å². The molecule has 0 aliphatic heterocycles. The molecule has 2 aromatic heterocycles. The molecule has 8 heteroatoms. The van der Waals surface area contributed by atoms with Crippen LogP contribution in [0.3, 0.4) is 0 Å². The van der Waals surface area contributed by atoms with Gasteiger partial charge in [0, 0.05) is 39.9 Å². The van der Waals surface area contributed by atoms with Gasteiger partial charge in [-0.1, -0.05) is 35.9 Å². The third kappa shape index (κ3) is 4.06. The average Bonchev–Trinajstić information content (AvgIpc) is 3.35. The molecule has 0 saturated carbocycles. The molecule has 7 nitrogen and oxygen atoms in total. The van der Waals surface area contributed by atoms with Crippen molar-refractivity contribution in [1.29, 1.82) is 0 Å². The third-order valence-electron chi connectivity index (χ3n) is 5.86. The number of pyridine rings is 1. The summed E-state index contributed by atoms with van der Waals surface area (Å²) in [7, 11) is 1.25. The van der Waals surface area contributed by atoms with Crippen molar-refractivity contribution < 1.29 is 14.3 Å². The van der Waals surface area contributed by atoms with E-state index in [9.17, 15) is 14.4 Å². The van der Waals surface area contributed by atoms with Crippen molar-refractivity contribution in [3.8, 4) is 5.69 Å². The summed E-state index contributed by atoms with van der Waals surface area (Å²) in [5.41, 5.74) is 2.11. The number of rotatable bonds is 5. The van der Waals surface area contributed by atoms with Crippen LogP contribution in [0.25, 0.3) is 27.5 Å². The molecular formula is C27H20ClN3O4. The topological polar surface area (TPSA) is 93.2 Å². The van der Waals surface area contributed by atoms with Gasteiger partial charge in [-0.25, -0.2) is 4.79 Å². The maximum absolute atomic E-state index is 13.5. The fourth-order valence-corrected chi connectivity index (χ4v) is 4.35. The van der Waals surface area contributed by atoms with Crippen LogP contribution in [0.1, 0.15) is 26.4 Å². The summed E-state index contributed by atoms with van der Waals surface area (Å²) in [5, 5.41) is 4.55. The molecule has 0 fully saturated rings. The predicted octanol–water partition coefficient (Wildman–Crippen LogP) is 4.84. The second kappa shape index (κ2) is 9.12. The normalized spacial score (nSPS) is 11.0. The molecule has 174 valence electrons. The minimum atomic E-state index is -0.704. The first kappa shape index (κ1) is 22.4. The highest BCUT2D eigenvalue weighted by molar-refractivity contribution is 6.31. The fraction of sp³-hybridized carbons (Fsp3) is 0.0741. The van der Waals surface area contributed by atoms with Crippen LogP contribution >= 0.6 is 11.6 Å². The minimum Gasteiger partial charge on any atom is -0.464 e.